The lowest BCUT2D eigenvalue weighted by molar-refractivity contribution is -0.129. The van der Waals surface area contributed by atoms with Crippen LogP contribution in [0.4, 0.5) is 0 Å². The molecular weight excluding hydrogens is 280 g/mol. The minimum absolute atomic E-state index is 0.168. The number of amides is 1. The van der Waals surface area contributed by atoms with Crippen molar-refractivity contribution in [3.63, 3.8) is 0 Å². The molecule has 1 aromatic heterocycles. The zero-order valence-corrected chi connectivity index (χ0v) is 11.0. The number of nitrogens with zero attached hydrogens (tertiary/aromatic N) is 1. The predicted molar refractivity (Wildman–Crippen MR) is 71.2 cm³/mol. The lowest BCUT2D eigenvalue weighted by atomic mass is 10.0. The van der Waals surface area contributed by atoms with Crippen LogP contribution in [0.2, 0.25) is 0 Å². The first-order valence-corrected chi connectivity index (χ1v) is 6.84. The van der Waals surface area contributed by atoms with Crippen molar-refractivity contribution in [3.05, 3.63) is 35.5 Å². The van der Waals surface area contributed by atoms with Crippen molar-refractivity contribution < 1.29 is 4.79 Å². The molecule has 1 N–H and O–H groups in total. The molecule has 0 saturated heterocycles. The van der Waals surface area contributed by atoms with Crippen LogP contribution in [-0.2, 0) is 17.8 Å². The molecule has 3 rings (SSSR count). The Morgan fingerprint density at radius 2 is 2.24 bits per heavy atom. The number of aromatic nitrogens is 1. The Hall–Kier alpha value is -1.29. The lowest BCUT2D eigenvalue weighted by Crippen LogP contribution is -2.36. The normalized spacial score (nSPS) is 15.0. The van der Waals surface area contributed by atoms with Crippen molar-refractivity contribution in [2.45, 2.75) is 13.0 Å². The van der Waals surface area contributed by atoms with Crippen molar-refractivity contribution in [3.8, 4) is 0 Å². The van der Waals surface area contributed by atoms with Crippen LogP contribution in [0.5, 0.6) is 0 Å². The van der Waals surface area contributed by atoms with E-state index in [1.165, 1.54) is 22.2 Å². The molecule has 1 amide bonds. The van der Waals surface area contributed by atoms with E-state index in [1.54, 1.807) is 0 Å². The number of para-hydroxylation sites is 1. The van der Waals surface area contributed by atoms with E-state index in [0.29, 0.717) is 5.33 Å². The second-order valence-electron chi connectivity index (χ2n) is 4.33. The number of fused-ring (bicyclic) bond motifs is 3. The number of nitrogens with one attached hydrogen (secondary N) is 1. The van der Waals surface area contributed by atoms with Crippen molar-refractivity contribution >= 4 is 32.7 Å². The molecule has 4 heteroatoms. The monoisotopic (exact) mass is 292 g/mol. The fourth-order valence-corrected chi connectivity index (χ4v) is 2.82. The minimum Gasteiger partial charge on any atom is -0.358 e. The summed E-state index contributed by atoms with van der Waals surface area (Å²) in [6.07, 6.45) is 0.919. The molecule has 0 saturated carbocycles. The van der Waals surface area contributed by atoms with Gasteiger partial charge in [0.25, 0.3) is 0 Å². The van der Waals surface area contributed by atoms with E-state index >= 15 is 0 Å². The average Bonchev–Trinajstić information content (AvgIpc) is 2.75. The molecule has 0 spiro atoms. The molecule has 0 unspecified atom stereocenters. The molecular formula is C13H13BrN2O. The molecule has 2 aromatic rings. The Kier molecular flexibility index (Phi) is 2.67. The topological polar surface area (TPSA) is 36.1 Å². The summed E-state index contributed by atoms with van der Waals surface area (Å²) in [5, 5.41) is 1.65. The van der Waals surface area contributed by atoms with Gasteiger partial charge in [0.2, 0.25) is 5.91 Å². The van der Waals surface area contributed by atoms with Crippen molar-refractivity contribution in [2.24, 2.45) is 0 Å². The van der Waals surface area contributed by atoms with Gasteiger partial charge in [-0.2, -0.15) is 0 Å². The number of halogens is 1. The molecule has 1 aromatic carbocycles. The number of carbonyl (C=O) groups is 1. The standard InChI is InChI=1S/C13H13BrN2O/c14-7-13(17)16-6-5-12-10(8-16)9-3-1-2-4-11(9)15-12/h1-4,15H,5-8H2. The zero-order chi connectivity index (χ0) is 11.8. The molecule has 3 nitrogen and oxygen atoms in total. The van der Waals surface area contributed by atoms with Gasteiger partial charge in [-0.25, -0.2) is 0 Å². The summed E-state index contributed by atoms with van der Waals surface area (Å²) in [6.45, 7) is 1.54. The Bertz CT molecular complexity index is 576. The van der Waals surface area contributed by atoms with E-state index in [1.807, 2.05) is 17.0 Å². The van der Waals surface area contributed by atoms with Gasteiger partial charge in [0.05, 0.1) is 5.33 Å². The van der Waals surface area contributed by atoms with Crippen LogP contribution in [-0.4, -0.2) is 27.7 Å². The molecule has 0 atom stereocenters. The number of rotatable bonds is 1. The first-order valence-electron chi connectivity index (χ1n) is 5.72. The van der Waals surface area contributed by atoms with Crippen LogP contribution in [0.3, 0.4) is 0 Å². The summed E-state index contributed by atoms with van der Waals surface area (Å²) in [4.78, 5) is 17.1. The molecule has 0 aliphatic carbocycles. The van der Waals surface area contributed by atoms with E-state index < -0.39 is 0 Å². The maximum atomic E-state index is 11.7. The SMILES string of the molecule is O=C(CBr)N1CCc2[nH]c3ccccc3c2C1. The highest BCUT2D eigenvalue weighted by Gasteiger charge is 2.22. The maximum Gasteiger partial charge on any atom is 0.233 e. The molecule has 1 aliphatic rings. The first-order chi connectivity index (χ1) is 8.29. The predicted octanol–water partition coefficient (Wildman–Crippen LogP) is 2.45. The van der Waals surface area contributed by atoms with Gasteiger partial charge >= 0.3 is 0 Å². The Balaban J connectivity index is 2.03. The van der Waals surface area contributed by atoms with Crippen molar-refractivity contribution in [1.82, 2.24) is 9.88 Å². The summed E-state index contributed by atoms with van der Waals surface area (Å²) >= 11 is 3.23. The van der Waals surface area contributed by atoms with E-state index in [9.17, 15) is 4.79 Å². The Morgan fingerprint density at radius 1 is 1.41 bits per heavy atom. The summed E-state index contributed by atoms with van der Waals surface area (Å²) in [5.41, 5.74) is 3.73. The molecule has 1 aliphatic heterocycles. The van der Waals surface area contributed by atoms with Gasteiger partial charge in [-0.05, 0) is 6.07 Å². The van der Waals surface area contributed by atoms with Gasteiger partial charge in [-0.1, -0.05) is 34.1 Å². The van der Waals surface area contributed by atoms with Crippen LogP contribution in [0.15, 0.2) is 24.3 Å². The van der Waals surface area contributed by atoms with Crippen molar-refractivity contribution in [2.75, 3.05) is 11.9 Å². The second kappa shape index (κ2) is 4.18. The number of benzene rings is 1. The van der Waals surface area contributed by atoms with Gasteiger partial charge in [-0.3, -0.25) is 4.79 Å². The third kappa shape index (κ3) is 1.76. The van der Waals surface area contributed by atoms with E-state index in [-0.39, 0.29) is 5.91 Å². The van der Waals surface area contributed by atoms with Gasteiger partial charge in [0.1, 0.15) is 0 Å². The highest BCUT2D eigenvalue weighted by atomic mass is 79.9. The summed E-state index contributed by atoms with van der Waals surface area (Å²) in [7, 11) is 0. The minimum atomic E-state index is 0.168. The van der Waals surface area contributed by atoms with Gasteiger partial charge in [-0.15, -0.1) is 0 Å². The van der Waals surface area contributed by atoms with Crippen LogP contribution in [0.1, 0.15) is 11.3 Å². The highest BCUT2D eigenvalue weighted by molar-refractivity contribution is 9.09. The molecule has 88 valence electrons. The third-order valence-electron chi connectivity index (χ3n) is 3.35. The summed E-state index contributed by atoms with van der Waals surface area (Å²) < 4.78 is 0. The summed E-state index contributed by atoms with van der Waals surface area (Å²) in [6, 6.07) is 8.28. The number of aromatic amines is 1. The fourth-order valence-electron chi connectivity index (χ4n) is 2.46. The van der Waals surface area contributed by atoms with Crippen LogP contribution < -0.4 is 0 Å². The van der Waals surface area contributed by atoms with Crippen LogP contribution >= 0.6 is 15.9 Å². The highest BCUT2D eigenvalue weighted by Crippen LogP contribution is 2.27. The number of hydrogen-bond donors (Lipinski definition) is 1. The second-order valence-corrected chi connectivity index (χ2v) is 4.89. The van der Waals surface area contributed by atoms with Crippen LogP contribution in [0.25, 0.3) is 10.9 Å². The molecule has 0 fully saturated rings. The smallest absolute Gasteiger partial charge is 0.233 e. The number of carbonyl (C=O) groups excluding carboxylic acids is 1. The molecule has 17 heavy (non-hydrogen) atoms. The van der Waals surface area contributed by atoms with E-state index in [2.05, 4.69) is 33.0 Å². The Labute approximate surface area is 108 Å². The first kappa shape index (κ1) is 10.8. The van der Waals surface area contributed by atoms with Crippen LogP contribution in [0, 0.1) is 0 Å². The number of alkyl halides is 1. The maximum absolute atomic E-state index is 11.7. The zero-order valence-electron chi connectivity index (χ0n) is 9.37. The van der Waals surface area contributed by atoms with Gasteiger partial charge < -0.3 is 9.88 Å². The third-order valence-corrected chi connectivity index (χ3v) is 3.83. The number of hydrogen-bond acceptors (Lipinski definition) is 1. The quantitative estimate of drug-likeness (QED) is 0.806. The van der Waals surface area contributed by atoms with Gasteiger partial charge in [0, 0.05) is 41.7 Å². The van der Waals surface area contributed by atoms with Gasteiger partial charge in [0.15, 0.2) is 0 Å². The molecule has 2 heterocycles. The fraction of sp³-hybridized carbons (Fsp3) is 0.308. The largest absolute Gasteiger partial charge is 0.358 e. The average molecular weight is 293 g/mol. The van der Waals surface area contributed by atoms with Crippen molar-refractivity contribution in [1.29, 1.82) is 0 Å². The Morgan fingerprint density at radius 3 is 3.06 bits per heavy atom. The molecule has 0 bridgehead atoms. The number of H-pyrrole nitrogens is 1. The lowest BCUT2D eigenvalue weighted by Gasteiger charge is -2.26. The van der Waals surface area contributed by atoms with E-state index in [4.69, 9.17) is 0 Å². The van der Waals surface area contributed by atoms with E-state index in [0.717, 1.165) is 19.5 Å². The summed E-state index contributed by atoms with van der Waals surface area (Å²) in [5.74, 6) is 0.168. The molecule has 0 radical (unpaired) electrons.